The number of hydrogen-bond donors (Lipinski definition) is 1. The summed E-state index contributed by atoms with van der Waals surface area (Å²) in [6.45, 7) is 0. The molecule has 0 aromatic heterocycles. The molecule has 0 aliphatic heterocycles. The van der Waals surface area contributed by atoms with E-state index in [1.54, 1.807) is 11.8 Å². The predicted octanol–water partition coefficient (Wildman–Crippen LogP) is 1.21. The fourth-order valence-corrected chi connectivity index (χ4v) is 0.801. The first-order chi connectivity index (χ1) is 3.77. The minimum absolute atomic E-state index is 0.306. The molecule has 0 bridgehead atoms. The molecule has 0 saturated heterocycles. The van der Waals surface area contributed by atoms with Crippen molar-refractivity contribution in [1.82, 2.24) is 0 Å². The summed E-state index contributed by atoms with van der Waals surface area (Å²) in [6.07, 6.45) is 3.07. The van der Waals surface area contributed by atoms with E-state index in [0.717, 1.165) is 12.2 Å². The number of hydrogen-bond acceptors (Lipinski definition) is 2. The molecule has 48 valence electrons. The van der Waals surface area contributed by atoms with Gasteiger partial charge in [0.2, 0.25) is 0 Å². The average molecular weight is 134 g/mol. The van der Waals surface area contributed by atoms with Crippen molar-refractivity contribution in [2.45, 2.75) is 12.8 Å². The summed E-state index contributed by atoms with van der Waals surface area (Å²) in [5, 5.41) is 8.13. The van der Waals surface area contributed by atoms with Crippen molar-refractivity contribution >= 4 is 17.7 Å². The molecule has 1 N–H and O–H groups in total. The molecule has 0 aromatic carbocycles. The van der Waals surface area contributed by atoms with E-state index in [1.165, 1.54) is 0 Å². The Bertz CT molecular complexity index is 72.8. The number of carboxylic acids is 1. The van der Waals surface area contributed by atoms with Gasteiger partial charge in [-0.05, 0) is 18.4 Å². The van der Waals surface area contributed by atoms with Crippen LogP contribution in [0.1, 0.15) is 12.8 Å². The van der Waals surface area contributed by atoms with E-state index in [2.05, 4.69) is 0 Å². The molecule has 0 heterocycles. The maximum absolute atomic E-state index is 9.86. The van der Waals surface area contributed by atoms with Crippen LogP contribution in [0.5, 0.6) is 0 Å². The second kappa shape index (κ2) is 4.97. The van der Waals surface area contributed by atoms with E-state index < -0.39 is 5.97 Å². The van der Waals surface area contributed by atoms with Crippen molar-refractivity contribution < 1.29 is 9.90 Å². The van der Waals surface area contributed by atoms with Gasteiger partial charge in [-0.1, -0.05) is 0 Å². The highest BCUT2D eigenvalue weighted by Gasteiger charge is 1.93. The molecular weight excluding hydrogens is 124 g/mol. The number of carboxylic acid groups (broad SMARTS) is 1. The Balaban J connectivity index is 2.82. The highest BCUT2D eigenvalue weighted by atomic mass is 32.2. The Labute approximate surface area is 53.3 Å². The Morgan fingerprint density at radius 1 is 1.75 bits per heavy atom. The normalized spacial score (nSPS) is 9.12. The molecule has 0 aliphatic rings. The molecule has 0 spiro atoms. The lowest BCUT2D eigenvalue weighted by molar-refractivity contribution is -0.137. The summed E-state index contributed by atoms with van der Waals surface area (Å²) in [6, 6.07) is 0. The second-order valence-corrected chi connectivity index (χ2v) is 2.48. The Kier molecular flexibility index (Phi) is 4.85. The molecule has 0 aliphatic carbocycles. The molecule has 0 saturated carbocycles. The van der Waals surface area contributed by atoms with E-state index in [-0.39, 0.29) is 0 Å². The van der Waals surface area contributed by atoms with Crippen molar-refractivity contribution in [2.24, 2.45) is 0 Å². The summed E-state index contributed by atoms with van der Waals surface area (Å²) < 4.78 is 0. The standard InChI is InChI=1S/C5H10O2S/c1-8-4-2-3-5(6)7/h2-4H2,1H3,(H,6,7). The van der Waals surface area contributed by atoms with Crippen LogP contribution in [0.4, 0.5) is 0 Å². The zero-order valence-electron chi connectivity index (χ0n) is 4.89. The van der Waals surface area contributed by atoms with Gasteiger partial charge < -0.3 is 5.11 Å². The van der Waals surface area contributed by atoms with Crippen LogP contribution < -0.4 is 0 Å². The lowest BCUT2D eigenvalue weighted by atomic mass is 10.3. The molecule has 0 atom stereocenters. The lowest BCUT2D eigenvalue weighted by Gasteiger charge is -1.89. The van der Waals surface area contributed by atoms with Crippen LogP contribution in [0.15, 0.2) is 0 Å². The third-order valence-corrected chi connectivity index (χ3v) is 1.44. The van der Waals surface area contributed by atoms with Crippen LogP contribution in [0, 0.1) is 0 Å². The maximum Gasteiger partial charge on any atom is 0.303 e. The SMILES string of the molecule is CSCCCC(=O)O. The van der Waals surface area contributed by atoms with Crippen molar-refractivity contribution in [3.63, 3.8) is 0 Å². The van der Waals surface area contributed by atoms with Gasteiger partial charge in [-0.25, -0.2) is 0 Å². The lowest BCUT2D eigenvalue weighted by Crippen LogP contribution is -1.94. The first-order valence-electron chi connectivity index (χ1n) is 2.48. The smallest absolute Gasteiger partial charge is 0.303 e. The molecule has 0 fully saturated rings. The molecule has 0 amide bonds. The summed E-state index contributed by atoms with van der Waals surface area (Å²) in [4.78, 5) is 9.86. The minimum atomic E-state index is -0.695. The summed E-state index contributed by atoms with van der Waals surface area (Å²) >= 11 is 1.68. The highest BCUT2D eigenvalue weighted by Crippen LogP contribution is 1.97. The van der Waals surface area contributed by atoms with Gasteiger partial charge in [-0.3, -0.25) is 4.79 Å². The van der Waals surface area contributed by atoms with E-state index in [9.17, 15) is 4.79 Å². The van der Waals surface area contributed by atoms with Gasteiger partial charge >= 0.3 is 5.97 Å². The summed E-state index contributed by atoms with van der Waals surface area (Å²) in [5.74, 6) is 0.255. The van der Waals surface area contributed by atoms with Crippen LogP contribution >= 0.6 is 11.8 Å². The number of aliphatic carboxylic acids is 1. The van der Waals surface area contributed by atoms with E-state index in [0.29, 0.717) is 6.42 Å². The molecule has 0 unspecified atom stereocenters. The van der Waals surface area contributed by atoms with Crippen molar-refractivity contribution in [3.05, 3.63) is 0 Å². The average Bonchev–Trinajstić information content (AvgIpc) is 1.66. The molecule has 3 heteroatoms. The highest BCUT2D eigenvalue weighted by molar-refractivity contribution is 7.98. The first-order valence-corrected chi connectivity index (χ1v) is 3.87. The van der Waals surface area contributed by atoms with E-state index in [4.69, 9.17) is 5.11 Å². The van der Waals surface area contributed by atoms with Gasteiger partial charge in [0.25, 0.3) is 0 Å². The summed E-state index contributed by atoms with van der Waals surface area (Å²) in [7, 11) is 0. The second-order valence-electron chi connectivity index (χ2n) is 1.49. The first kappa shape index (κ1) is 7.82. The monoisotopic (exact) mass is 134 g/mol. The Hall–Kier alpha value is -0.180. The van der Waals surface area contributed by atoms with Crippen LogP contribution in [0.3, 0.4) is 0 Å². The predicted molar refractivity (Wildman–Crippen MR) is 35.3 cm³/mol. The van der Waals surface area contributed by atoms with Gasteiger partial charge in [-0.15, -0.1) is 0 Å². The topological polar surface area (TPSA) is 37.3 Å². The number of thioether (sulfide) groups is 1. The zero-order chi connectivity index (χ0) is 6.41. The van der Waals surface area contributed by atoms with Crippen LogP contribution in [-0.2, 0) is 4.79 Å². The van der Waals surface area contributed by atoms with Gasteiger partial charge in [0.1, 0.15) is 0 Å². The van der Waals surface area contributed by atoms with Crippen molar-refractivity contribution in [2.75, 3.05) is 12.0 Å². The van der Waals surface area contributed by atoms with Gasteiger partial charge in [0.05, 0.1) is 0 Å². The quantitative estimate of drug-likeness (QED) is 0.587. The van der Waals surface area contributed by atoms with Crippen LogP contribution in [-0.4, -0.2) is 23.1 Å². The third-order valence-electron chi connectivity index (χ3n) is 0.739. The van der Waals surface area contributed by atoms with Gasteiger partial charge in [0, 0.05) is 6.42 Å². The van der Waals surface area contributed by atoms with E-state index in [1.807, 2.05) is 6.26 Å². The molecule has 0 aromatic rings. The van der Waals surface area contributed by atoms with Crippen molar-refractivity contribution in [1.29, 1.82) is 0 Å². The van der Waals surface area contributed by atoms with E-state index >= 15 is 0 Å². The third kappa shape index (κ3) is 5.82. The summed E-state index contributed by atoms with van der Waals surface area (Å²) in [5.41, 5.74) is 0. The molecule has 0 radical (unpaired) electrons. The maximum atomic E-state index is 9.86. The molecular formula is C5H10O2S. The Morgan fingerprint density at radius 2 is 2.38 bits per heavy atom. The molecule has 0 rings (SSSR count). The van der Waals surface area contributed by atoms with Gasteiger partial charge in [0.15, 0.2) is 0 Å². The fourth-order valence-electron chi connectivity index (χ4n) is 0.368. The largest absolute Gasteiger partial charge is 0.481 e. The Morgan fingerprint density at radius 3 is 2.75 bits per heavy atom. The molecule has 8 heavy (non-hydrogen) atoms. The van der Waals surface area contributed by atoms with Crippen molar-refractivity contribution in [3.8, 4) is 0 Å². The fraction of sp³-hybridized carbons (Fsp3) is 0.800. The van der Waals surface area contributed by atoms with Gasteiger partial charge in [-0.2, -0.15) is 11.8 Å². The minimum Gasteiger partial charge on any atom is -0.481 e. The number of rotatable bonds is 4. The van der Waals surface area contributed by atoms with Crippen LogP contribution in [0.25, 0.3) is 0 Å². The molecule has 2 nitrogen and oxygen atoms in total. The number of carbonyl (C=O) groups is 1. The van der Waals surface area contributed by atoms with Crippen LogP contribution in [0.2, 0.25) is 0 Å². The zero-order valence-corrected chi connectivity index (χ0v) is 5.70.